The molecule has 0 N–H and O–H groups in total. The summed E-state index contributed by atoms with van der Waals surface area (Å²) in [6.07, 6.45) is 0. The second-order valence-electron chi connectivity index (χ2n) is 16.4. The van der Waals surface area contributed by atoms with Crippen molar-refractivity contribution >= 4 is 60.9 Å². The first-order chi connectivity index (χ1) is 29.5. The number of nitrogens with zero attached hydrogens (tertiary/aromatic N) is 1. The number of para-hydroxylation sites is 1. The van der Waals surface area contributed by atoms with E-state index in [-0.39, 0.29) is 5.41 Å². The molecule has 0 saturated heterocycles. The lowest BCUT2D eigenvalue weighted by atomic mass is 9.82. The van der Waals surface area contributed by atoms with Crippen LogP contribution in [-0.4, -0.2) is 0 Å². The molecule has 0 radical (unpaired) electrons. The maximum absolute atomic E-state index is 7.10. The second kappa shape index (κ2) is 13.2. The van der Waals surface area contributed by atoms with Crippen LogP contribution in [0.2, 0.25) is 0 Å². The molecule has 0 fully saturated rings. The number of furan rings is 2. The van der Waals surface area contributed by atoms with Gasteiger partial charge in [0.1, 0.15) is 22.3 Å². The van der Waals surface area contributed by atoms with E-state index in [1.165, 1.54) is 38.9 Å². The van der Waals surface area contributed by atoms with Crippen LogP contribution in [0.4, 0.5) is 17.1 Å². The van der Waals surface area contributed by atoms with Crippen molar-refractivity contribution in [2.75, 3.05) is 4.90 Å². The Bertz CT molecular complexity index is 3430. The Morgan fingerprint density at radius 1 is 0.383 bits per heavy atom. The molecule has 2 aromatic heterocycles. The molecule has 3 heteroatoms. The van der Waals surface area contributed by atoms with Crippen LogP contribution >= 0.6 is 0 Å². The SMILES string of the molecule is CC1(C)c2ccccc2-c2ccc(N(c3ccc(-c4ccccc4)cc3)c3ccc4c(oc5ccc6oc7ccccc7c6c54)c3-c3ccc(-c4ccccc4)cc3)cc21. The number of hydrogen-bond acceptors (Lipinski definition) is 3. The second-order valence-corrected chi connectivity index (χ2v) is 16.4. The first kappa shape index (κ1) is 34.4. The van der Waals surface area contributed by atoms with E-state index in [2.05, 4.69) is 201 Å². The molecule has 0 spiro atoms. The summed E-state index contributed by atoms with van der Waals surface area (Å²) in [4.78, 5) is 2.42. The van der Waals surface area contributed by atoms with Crippen LogP contribution in [-0.2, 0) is 5.41 Å². The van der Waals surface area contributed by atoms with Gasteiger partial charge < -0.3 is 13.7 Å². The van der Waals surface area contributed by atoms with Crippen molar-refractivity contribution in [1.82, 2.24) is 0 Å². The van der Waals surface area contributed by atoms with Crippen molar-refractivity contribution in [3.8, 4) is 44.5 Å². The van der Waals surface area contributed by atoms with E-state index < -0.39 is 0 Å². The van der Waals surface area contributed by atoms with Gasteiger partial charge in [-0.1, -0.05) is 159 Å². The molecule has 12 rings (SSSR count). The summed E-state index contributed by atoms with van der Waals surface area (Å²) in [7, 11) is 0. The fourth-order valence-corrected chi connectivity index (χ4v) is 9.75. The Hall–Kier alpha value is -7.62. The van der Waals surface area contributed by atoms with E-state index >= 15 is 0 Å². The van der Waals surface area contributed by atoms with Gasteiger partial charge in [-0.2, -0.15) is 0 Å². The van der Waals surface area contributed by atoms with E-state index in [1.807, 2.05) is 18.2 Å². The number of fused-ring (bicyclic) bond motifs is 10. The van der Waals surface area contributed by atoms with Crippen molar-refractivity contribution in [3.63, 3.8) is 0 Å². The molecule has 0 saturated carbocycles. The van der Waals surface area contributed by atoms with Gasteiger partial charge in [-0.15, -0.1) is 0 Å². The van der Waals surface area contributed by atoms with E-state index in [4.69, 9.17) is 8.83 Å². The number of hydrogen-bond donors (Lipinski definition) is 0. The quantitative estimate of drug-likeness (QED) is 0.169. The zero-order valence-corrected chi connectivity index (χ0v) is 33.3. The molecule has 1 aliphatic carbocycles. The predicted molar refractivity (Wildman–Crippen MR) is 250 cm³/mol. The Morgan fingerprint density at radius 3 is 1.67 bits per heavy atom. The molecule has 0 atom stereocenters. The Kier molecular flexibility index (Phi) is 7.58. The van der Waals surface area contributed by atoms with Gasteiger partial charge in [0.2, 0.25) is 0 Å². The first-order valence-corrected chi connectivity index (χ1v) is 20.7. The summed E-state index contributed by atoms with van der Waals surface area (Å²) in [5, 5.41) is 4.28. The minimum Gasteiger partial charge on any atom is -0.456 e. The van der Waals surface area contributed by atoms with Crippen LogP contribution in [0.15, 0.2) is 209 Å². The van der Waals surface area contributed by atoms with Gasteiger partial charge in [-0.3, -0.25) is 0 Å². The highest BCUT2D eigenvalue weighted by molar-refractivity contribution is 6.27. The van der Waals surface area contributed by atoms with Crippen LogP contribution in [0.5, 0.6) is 0 Å². The highest BCUT2D eigenvalue weighted by atomic mass is 16.3. The van der Waals surface area contributed by atoms with E-state index in [1.54, 1.807) is 0 Å². The Labute approximate surface area is 348 Å². The van der Waals surface area contributed by atoms with Crippen LogP contribution in [0.3, 0.4) is 0 Å². The lowest BCUT2D eigenvalue weighted by Crippen LogP contribution is -2.17. The van der Waals surface area contributed by atoms with Crippen molar-refractivity contribution in [2.24, 2.45) is 0 Å². The zero-order chi connectivity index (χ0) is 40.0. The minimum absolute atomic E-state index is 0.164. The van der Waals surface area contributed by atoms with Gasteiger partial charge >= 0.3 is 0 Å². The topological polar surface area (TPSA) is 29.5 Å². The van der Waals surface area contributed by atoms with Gasteiger partial charge in [0, 0.05) is 43.9 Å². The molecule has 2 heterocycles. The van der Waals surface area contributed by atoms with Gasteiger partial charge in [-0.05, 0) is 105 Å². The summed E-state index contributed by atoms with van der Waals surface area (Å²) in [6.45, 7) is 4.70. The van der Waals surface area contributed by atoms with Crippen LogP contribution < -0.4 is 4.90 Å². The molecular formula is C57H39NO2. The molecule has 11 aromatic rings. The third kappa shape index (κ3) is 5.22. The monoisotopic (exact) mass is 769 g/mol. The zero-order valence-electron chi connectivity index (χ0n) is 33.3. The molecule has 60 heavy (non-hydrogen) atoms. The van der Waals surface area contributed by atoms with E-state index in [0.717, 1.165) is 77.6 Å². The smallest absolute Gasteiger partial charge is 0.145 e. The average Bonchev–Trinajstić information content (AvgIpc) is 3.95. The predicted octanol–water partition coefficient (Wildman–Crippen LogP) is 16.3. The molecule has 1 aliphatic rings. The largest absolute Gasteiger partial charge is 0.456 e. The van der Waals surface area contributed by atoms with Crippen molar-refractivity contribution < 1.29 is 8.83 Å². The lowest BCUT2D eigenvalue weighted by Gasteiger charge is -2.30. The lowest BCUT2D eigenvalue weighted by molar-refractivity contribution is 0.660. The maximum Gasteiger partial charge on any atom is 0.145 e. The molecule has 0 aliphatic heterocycles. The number of anilines is 3. The molecule has 9 aromatic carbocycles. The highest BCUT2D eigenvalue weighted by Gasteiger charge is 2.36. The third-order valence-electron chi connectivity index (χ3n) is 12.7. The van der Waals surface area contributed by atoms with Crippen LogP contribution in [0.1, 0.15) is 25.0 Å². The van der Waals surface area contributed by atoms with Crippen molar-refractivity contribution in [1.29, 1.82) is 0 Å². The highest BCUT2D eigenvalue weighted by Crippen LogP contribution is 2.53. The van der Waals surface area contributed by atoms with E-state index in [9.17, 15) is 0 Å². The third-order valence-corrected chi connectivity index (χ3v) is 12.7. The average molecular weight is 770 g/mol. The maximum atomic E-state index is 7.10. The Morgan fingerprint density at radius 2 is 0.933 bits per heavy atom. The van der Waals surface area contributed by atoms with Crippen LogP contribution in [0.25, 0.3) is 88.4 Å². The minimum atomic E-state index is -0.164. The molecule has 0 unspecified atom stereocenters. The van der Waals surface area contributed by atoms with Crippen LogP contribution in [0, 0.1) is 0 Å². The molecule has 284 valence electrons. The molecular weight excluding hydrogens is 731 g/mol. The summed E-state index contributed by atoms with van der Waals surface area (Å²) >= 11 is 0. The van der Waals surface area contributed by atoms with Gasteiger partial charge in [0.05, 0.1) is 5.69 Å². The summed E-state index contributed by atoms with van der Waals surface area (Å²) in [5.74, 6) is 0. The fourth-order valence-electron chi connectivity index (χ4n) is 9.75. The summed E-state index contributed by atoms with van der Waals surface area (Å²) in [5.41, 5.74) is 18.5. The molecule has 3 nitrogen and oxygen atoms in total. The van der Waals surface area contributed by atoms with Crippen molar-refractivity contribution in [2.45, 2.75) is 19.3 Å². The standard InChI is InChI=1S/C57H39NO2/c1-57(2)47-19-11-9-17-43(47)44-30-29-42(35-48(44)57)58(41-27-25-39(26-28-41)37-15-7-4-8-16-37)49-32-31-46-55-52(34-33-51-54(55)45-18-10-12-20-50(45)59-51)60-56(46)53(49)40-23-21-38(22-24-40)36-13-5-3-6-14-36/h3-35H,1-2H3. The number of rotatable bonds is 6. The number of benzene rings is 9. The van der Waals surface area contributed by atoms with Gasteiger partial charge in [0.25, 0.3) is 0 Å². The van der Waals surface area contributed by atoms with Gasteiger partial charge in [-0.25, -0.2) is 0 Å². The molecule has 0 amide bonds. The summed E-state index contributed by atoms with van der Waals surface area (Å²) in [6, 6.07) is 71.9. The molecule has 0 bridgehead atoms. The normalized spacial score (nSPS) is 13.0. The Balaban J connectivity index is 1.14. The fraction of sp³-hybridized carbons (Fsp3) is 0.0526. The van der Waals surface area contributed by atoms with E-state index in [0.29, 0.717) is 0 Å². The summed E-state index contributed by atoms with van der Waals surface area (Å²) < 4.78 is 13.5. The first-order valence-electron chi connectivity index (χ1n) is 20.7. The van der Waals surface area contributed by atoms with Crippen molar-refractivity contribution in [3.05, 3.63) is 211 Å². The van der Waals surface area contributed by atoms with Gasteiger partial charge in [0.15, 0.2) is 0 Å².